The van der Waals surface area contributed by atoms with Gasteiger partial charge >= 0.3 is 0 Å². The summed E-state index contributed by atoms with van der Waals surface area (Å²) in [6.07, 6.45) is 2.04. The van der Waals surface area contributed by atoms with Crippen molar-refractivity contribution in [3.8, 4) is 0 Å². The number of nitrogens with one attached hydrogen (secondary N) is 1. The molecule has 108 valence electrons. The highest BCUT2D eigenvalue weighted by atomic mass is 35.5. The third kappa shape index (κ3) is 3.22. The number of benzene rings is 1. The van der Waals surface area contributed by atoms with Gasteiger partial charge in [-0.2, -0.15) is 0 Å². The molecule has 1 aromatic carbocycles. The quantitative estimate of drug-likeness (QED) is 0.833. The first-order valence-electron chi connectivity index (χ1n) is 6.63. The summed E-state index contributed by atoms with van der Waals surface area (Å²) in [5, 5.41) is 3.11. The van der Waals surface area contributed by atoms with Crippen LogP contribution in [-0.4, -0.2) is 35.8 Å². The van der Waals surface area contributed by atoms with Gasteiger partial charge in [0.1, 0.15) is 6.04 Å². The van der Waals surface area contributed by atoms with E-state index in [9.17, 15) is 9.59 Å². The van der Waals surface area contributed by atoms with Crippen molar-refractivity contribution in [3.05, 3.63) is 28.8 Å². The van der Waals surface area contributed by atoms with Crippen LogP contribution >= 0.6 is 11.6 Å². The molecule has 1 fully saturated rings. The number of nitrogen functional groups attached to an aromatic ring is 1. The number of carbonyl (C=O) groups is 2. The van der Waals surface area contributed by atoms with E-state index in [1.165, 1.54) is 6.07 Å². The summed E-state index contributed by atoms with van der Waals surface area (Å²) in [4.78, 5) is 26.0. The van der Waals surface area contributed by atoms with Crippen LogP contribution in [-0.2, 0) is 4.79 Å². The zero-order valence-corrected chi connectivity index (χ0v) is 12.1. The van der Waals surface area contributed by atoms with Crippen molar-refractivity contribution < 1.29 is 9.59 Å². The molecular formula is C14H18ClN3O2. The second kappa shape index (κ2) is 6.13. The van der Waals surface area contributed by atoms with E-state index in [0.717, 1.165) is 25.9 Å². The summed E-state index contributed by atoms with van der Waals surface area (Å²) in [5.41, 5.74) is 6.38. The number of amides is 2. The van der Waals surface area contributed by atoms with E-state index in [2.05, 4.69) is 5.32 Å². The third-order valence-corrected chi connectivity index (χ3v) is 3.63. The van der Waals surface area contributed by atoms with Gasteiger partial charge in [0.15, 0.2) is 0 Å². The van der Waals surface area contributed by atoms with Crippen molar-refractivity contribution in [2.24, 2.45) is 0 Å². The smallest absolute Gasteiger partial charge is 0.254 e. The molecule has 1 aromatic rings. The molecule has 1 aliphatic rings. The molecule has 6 heteroatoms. The predicted molar refractivity (Wildman–Crippen MR) is 78.6 cm³/mol. The summed E-state index contributed by atoms with van der Waals surface area (Å²) in [5.74, 6) is -0.443. The molecule has 1 unspecified atom stereocenters. The molecule has 0 saturated carbocycles. The predicted octanol–water partition coefficient (Wildman–Crippen LogP) is 1.66. The molecule has 1 aliphatic heterocycles. The van der Waals surface area contributed by atoms with Gasteiger partial charge in [0.05, 0.1) is 5.56 Å². The average molecular weight is 296 g/mol. The second-order valence-electron chi connectivity index (χ2n) is 4.96. The van der Waals surface area contributed by atoms with Gasteiger partial charge in [0.2, 0.25) is 5.91 Å². The number of anilines is 1. The van der Waals surface area contributed by atoms with E-state index >= 15 is 0 Å². The number of halogens is 1. The number of nitrogens with two attached hydrogens (primary N) is 1. The van der Waals surface area contributed by atoms with Gasteiger partial charge in [-0.05, 0) is 38.0 Å². The number of likely N-dealkylation sites (tertiary alicyclic amines) is 1. The molecule has 1 saturated heterocycles. The van der Waals surface area contributed by atoms with Crippen molar-refractivity contribution in [1.29, 1.82) is 0 Å². The Hall–Kier alpha value is -1.75. The van der Waals surface area contributed by atoms with Crippen LogP contribution in [0.1, 0.15) is 30.1 Å². The van der Waals surface area contributed by atoms with Crippen LogP contribution in [0.2, 0.25) is 5.02 Å². The van der Waals surface area contributed by atoms with Crippen LogP contribution in [0.15, 0.2) is 18.2 Å². The van der Waals surface area contributed by atoms with Crippen LogP contribution in [0, 0.1) is 0 Å². The summed E-state index contributed by atoms with van der Waals surface area (Å²) >= 11 is 5.85. The molecule has 2 amide bonds. The number of carbonyl (C=O) groups excluding carboxylic acids is 2. The summed E-state index contributed by atoms with van der Waals surface area (Å²) in [6, 6.07) is 4.12. The second-order valence-corrected chi connectivity index (χ2v) is 5.40. The van der Waals surface area contributed by atoms with Crippen molar-refractivity contribution in [2.75, 3.05) is 18.8 Å². The Labute approximate surface area is 123 Å². The topological polar surface area (TPSA) is 75.4 Å². The van der Waals surface area contributed by atoms with Crippen molar-refractivity contribution in [2.45, 2.75) is 25.8 Å². The van der Waals surface area contributed by atoms with Crippen LogP contribution in [0.5, 0.6) is 0 Å². The SMILES string of the molecule is CC(NC(=O)c1cc(Cl)ccc1N)C(=O)N1CCCC1. The lowest BCUT2D eigenvalue weighted by molar-refractivity contribution is -0.131. The van der Waals surface area contributed by atoms with Crippen molar-refractivity contribution in [3.63, 3.8) is 0 Å². The minimum absolute atomic E-state index is 0.0588. The molecule has 0 bridgehead atoms. The Balaban J connectivity index is 2.03. The van der Waals surface area contributed by atoms with Gasteiger partial charge in [-0.15, -0.1) is 0 Å². The fourth-order valence-corrected chi connectivity index (χ4v) is 2.44. The summed E-state index contributed by atoms with van der Waals surface area (Å²) in [6.45, 7) is 3.20. The van der Waals surface area contributed by atoms with Crippen LogP contribution < -0.4 is 11.1 Å². The molecule has 0 spiro atoms. The Morgan fingerprint density at radius 2 is 2.00 bits per heavy atom. The van der Waals surface area contributed by atoms with E-state index in [1.54, 1.807) is 24.0 Å². The highest BCUT2D eigenvalue weighted by Gasteiger charge is 2.25. The maximum absolute atomic E-state index is 12.1. The van der Waals surface area contributed by atoms with E-state index in [-0.39, 0.29) is 11.8 Å². The lowest BCUT2D eigenvalue weighted by atomic mass is 10.1. The lowest BCUT2D eigenvalue weighted by Crippen LogP contribution is -2.46. The Bertz CT molecular complexity index is 527. The Morgan fingerprint density at radius 1 is 1.35 bits per heavy atom. The van der Waals surface area contributed by atoms with Crippen molar-refractivity contribution in [1.82, 2.24) is 10.2 Å². The van der Waals surface area contributed by atoms with E-state index in [1.807, 2.05) is 0 Å². The summed E-state index contributed by atoms with van der Waals surface area (Å²) < 4.78 is 0. The maximum atomic E-state index is 12.1. The molecule has 0 aliphatic carbocycles. The standard InChI is InChI=1S/C14H18ClN3O2/c1-9(14(20)18-6-2-3-7-18)17-13(19)11-8-10(15)4-5-12(11)16/h4-5,8-9H,2-3,6-7,16H2,1H3,(H,17,19). The molecule has 1 atom stereocenters. The van der Waals surface area contributed by atoms with Crippen LogP contribution in [0.3, 0.4) is 0 Å². The minimum atomic E-state index is -0.570. The number of hydrogen-bond donors (Lipinski definition) is 2. The molecule has 20 heavy (non-hydrogen) atoms. The average Bonchev–Trinajstić information content (AvgIpc) is 2.94. The molecule has 3 N–H and O–H groups in total. The fourth-order valence-electron chi connectivity index (χ4n) is 2.27. The van der Waals surface area contributed by atoms with Gasteiger partial charge in [-0.1, -0.05) is 11.6 Å². The van der Waals surface area contributed by atoms with E-state index in [0.29, 0.717) is 16.3 Å². The fraction of sp³-hybridized carbons (Fsp3) is 0.429. The van der Waals surface area contributed by atoms with Gasteiger partial charge < -0.3 is 16.0 Å². The number of rotatable bonds is 3. The van der Waals surface area contributed by atoms with Crippen molar-refractivity contribution >= 4 is 29.1 Å². The molecule has 0 aromatic heterocycles. The molecule has 5 nitrogen and oxygen atoms in total. The Morgan fingerprint density at radius 3 is 2.65 bits per heavy atom. The molecule has 2 rings (SSSR count). The highest BCUT2D eigenvalue weighted by molar-refractivity contribution is 6.31. The molecule has 0 radical (unpaired) electrons. The van der Waals surface area contributed by atoms with Gasteiger partial charge in [-0.25, -0.2) is 0 Å². The Kier molecular flexibility index (Phi) is 4.49. The normalized spacial score (nSPS) is 16.0. The molecular weight excluding hydrogens is 278 g/mol. The number of nitrogens with zero attached hydrogens (tertiary/aromatic N) is 1. The lowest BCUT2D eigenvalue weighted by Gasteiger charge is -2.21. The van der Waals surface area contributed by atoms with E-state index < -0.39 is 6.04 Å². The zero-order valence-electron chi connectivity index (χ0n) is 11.4. The monoisotopic (exact) mass is 295 g/mol. The third-order valence-electron chi connectivity index (χ3n) is 3.40. The zero-order chi connectivity index (χ0) is 14.7. The van der Waals surface area contributed by atoms with E-state index in [4.69, 9.17) is 17.3 Å². The molecule has 1 heterocycles. The van der Waals surface area contributed by atoms with Gasteiger partial charge in [0, 0.05) is 23.8 Å². The minimum Gasteiger partial charge on any atom is -0.398 e. The first-order chi connectivity index (χ1) is 9.49. The number of hydrogen-bond acceptors (Lipinski definition) is 3. The summed E-state index contributed by atoms with van der Waals surface area (Å²) in [7, 11) is 0. The van der Waals surface area contributed by atoms with Crippen LogP contribution in [0.25, 0.3) is 0 Å². The van der Waals surface area contributed by atoms with Gasteiger partial charge in [-0.3, -0.25) is 9.59 Å². The van der Waals surface area contributed by atoms with Gasteiger partial charge in [0.25, 0.3) is 5.91 Å². The maximum Gasteiger partial charge on any atom is 0.254 e. The first-order valence-corrected chi connectivity index (χ1v) is 7.01. The highest BCUT2D eigenvalue weighted by Crippen LogP contribution is 2.18. The largest absolute Gasteiger partial charge is 0.398 e. The first kappa shape index (κ1) is 14.7. The van der Waals surface area contributed by atoms with Crippen LogP contribution in [0.4, 0.5) is 5.69 Å².